The van der Waals surface area contributed by atoms with Gasteiger partial charge in [0.2, 0.25) is 0 Å². The molecule has 30 heavy (non-hydrogen) atoms. The van der Waals surface area contributed by atoms with Gasteiger partial charge in [0.15, 0.2) is 0 Å². The molecule has 3 heterocycles. The summed E-state index contributed by atoms with van der Waals surface area (Å²) in [5.41, 5.74) is 1.04. The third-order valence-electron chi connectivity index (χ3n) is 5.72. The lowest BCUT2D eigenvalue weighted by molar-refractivity contribution is 0.0586. The van der Waals surface area contributed by atoms with Crippen molar-refractivity contribution in [1.82, 2.24) is 14.8 Å². The number of methoxy groups -OCH3 is 1. The van der Waals surface area contributed by atoms with Crippen LogP contribution in [-0.2, 0) is 0 Å². The number of carbonyl (C=O) groups is 2. The third kappa shape index (κ3) is 4.40. The third-order valence-corrected chi connectivity index (χ3v) is 5.72. The zero-order valence-corrected chi connectivity index (χ0v) is 17.3. The first-order valence-electron chi connectivity index (χ1n) is 10.5. The Morgan fingerprint density at radius 2 is 1.70 bits per heavy atom. The fourth-order valence-electron chi connectivity index (χ4n) is 4.00. The monoisotopic (exact) mass is 409 g/mol. The number of ether oxygens (including phenoxy) is 2. The maximum atomic E-state index is 13.0. The summed E-state index contributed by atoms with van der Waals surface area (Å²) in [5, 5.41) is 0. The number of piperidine rings is 1. The van der Waals surface area contributed by atoms with E-state index in [0.717, 1.165) is 25.9 Å². The van der Waals surface area contributed by atoms with Crippen molar-refractivity contribution in [2.45, 2.75) is 31.8 Å². The molecule has 0 aliphatic carbocycles. The van der Waals surface area contributed by atoms with Gasteiger partial charge in [0, 0.05) is 51.3 Å². The van der Waals surface area contributed by atoms with Gasteiger partial charge in [-0.2, -0.15) is 0 Å². The largest absolute Gasteiger partial charge is 0.497 e. The molecular formula is C23H27N3O4. The molecule has 7 heteroatoms. The van der Waals surface area contributed by atoms with E-state index >= 15 is 0 Å². The Bertz CT molecular complexity index is 889. The van der Waals surface area contributed by atoms with Gasteiger partial charge in [-0.3, -0.25) is 14.6 Å². The van der Waals surface area contributed by atoms with E-state index in [2.05, 4.69) is 4.98 Å². The minimum atomic E-state index is -0.0602. The molecule has 2 amide bonds. The van der Waals surface area contributed by atoms with Crippen LogP contribution in [-0.4, -0.2) is 66.0 Å². The zero-order chi connectivity index (χ0) is 20.9. The lowest BCUT2D eigenvalue weighted by Crippen LogP contribution is -2.42. The predicted molar refractivity (Wildman–Crippen MR) is 112 cm³/mol. The van der Waals surface area contributed by atoms with Crippen molar-refractivity contribution in [3.63, 3.8) is 0 Å². The molecule has 0 N–H and O–H groups in total. The SMILES string of the molecule is COc1ccc(C(=O)N2CCCC2)c(OC2CCN(C(=O)c3ccccn3)CC2)c1. The fraction of sp³-hybridized carbons (Fsp3) is 0.435. The summed E-state index contributed by atoms with van der Waals surface area (Å²) in [6, 6.07) is 10.7. The van der Waals surface area contributed by atoms with Crippen LogP contribution in [0.15, 0.2) is 42.6 Å². The predicted octanol–water partition coefficient (Wildman–Crippen LogP) is 3.01. The van der Waals surface area contributed by atoms with Crippen molar-refractivity contribution in [3.05, 3.63) is 53.9 Å². The molecule has 0 atom stereocenters. The van der Waals surface area contributed by atoms with Crippen molar-refractivity contribution >= 4 is 11.8 Å². The van der Waals surface area contributed by atoms with E-state index in [4.69, 9.17) is 9.47 Å². The van der Waals surface area contributed by atoms with Gasteiger partial charge in [0.05, 0.1) is 12.7 Å². The van der Waals surface area contributed by atoms with E-state index < -0.39 is 0 Å². The van der Waals surface area contributed by atoms with E-state index in [1.165, 1.54) is 0 Å². The Balaban J connectivity index is 1.43. The summed E-state index contributed by atoms with van der Waals surface area (Å²) >= 11 is 0. The quantitative estimate of drug-likeness (QED) is 0.759. The van der Waals surface area contributed by atoms with Gasteiger partial charge in [0.25, 0.3) is 11.8 Å². The number of aromatic nitrogens is 1. The first kappa shape index (κ1) is 20.2. The highest BCUT2D eigenvalue weighted by molar-refractivity contribution is 5.97. The Kier molecular flexibility index (Phi) is 6.16. The van der Waals surface area contributed by atoms with E-state index in [-0.39, 0.29) is 17.9 Å². The minimum absolute atomic E-state index is 0.00733. The van der Waals surface area contributed by atoms with Gasteiger partial charge in [-0.25, -0.2) is 0 Å². The Morgan fingerprint density at radius 1 is 0.967 bits per heavy atom. The van der Waals surface area contributed by atoms with Gasteiger partial charge < -0.3 is 19.3 Å². The molecule has 2 aromatic rings. The molecule has 0 radical (unpaired) electrons. The van der Waals surface area contributed by atoms with Crippen LogP contribution in [0, 0.1) is 0 Å². The summed E-state index contributed by atoms with van der Waals surface area (Å²) in [7, 11) is 1.60. The first-order valence-corrected chi connectivity index (χ1v) is 10.5. The number of rotatable bonds is 5. The number of hydrogen-bond acceptors (Lipinski definition) is 5. The average Bonchev–Trinajstić information content (AvgIpc) is 3.34. The molecule has 2 aliphatic heterocycles. The van der Waals surface area contributed by atoms with Gasteiger partial charge in [-0.05, 0) is 37.1 Å². The highest BCUT2D eigenvalue weighted by atomic mass is 16.5. The highest BCUT2D eigenvalue weighted by Gasteiger charge is 2.28. The van der Waals surface area contributed by atoms with Crippen molar-refractivity contribution in [1.29, 1.82) is 0 Å². The molecule has 0 unspecified atom stereocenters. The van der Waals surface area contributed by atoms with Crippen molar-refractivity contribution in [3.8, 4) is 11.5 Å². The summed E-state index contributed by atoms with van der Waals surface area (Å²) < 4.78 is 11.6. The Hall–Kier alpha value is -3.09. The van der Waals surface area contributed by atoms with E-state index in [0.29, 0.717) is 48.7 Å². The molecule has 4 rings (SSSR count). The van der Waals surface area contributed by atoms with Crippen LogP contribution in [0.3, 0.4) is 0 Å². The lowest BCUT2D eigenvalue weighted by atomic mass is 10.1. The normalized spacial score (nSPS) is 17.1. The topological polar surface area (TPSA) is 72.0 Å². The zero-order valence-electron chi connectivity index (χ0n) is 17.3. The highest BCUT2D eigenvalue weighted by Crippen LogP contribution is 2.30. The number of amides is 2. The van der Waals surface area contributed by atoms with Crippen LogP contribution in [0.2, 0.25) is 0 Å². The number of benzene rings is 1. The van der Waals surface area contributed by atoms with Crippen molar-refractivity contribution in [2.24, 2.45) is 0 Å². The van der Waals surface area contributed by atoms with E-state index in [9.17, 15) is 9.59 Å². The molecule has 2 saturated heterocycles. The molecule has 158 valence electrons. The summed E-state index contributed by atoms with van der Waals surface area (Å²) in [5.74, 6) is 1.17. The molecule has 1 aromatic heterocycles. The maximum absolute atomic E-state index is 13.0. The molecule has 0 bridgehead atoms. The van der Waals surface area contributed by atoms with Crippen LogP contribution in [0.1, 0.15) is 46.5 Å². The van der Waals surface area contributed by atoms with Crippen LogP contribution in [0.25, 0.3) is 0 Å². The van der Waals surface area contributed by atoms with Gasteiger partial charge in [0.1, 0.15) is 23.3 Å². The molecule has 0 spiro atoms. The van der Waals surface area contributed by atoms with E-state index in [1.54, 1.807) is 43.6 Å². The minimum Gasteiger partial charge on any atom is -0.497 e. The first-order chi connectivity index (χ1) is 14.7. The average molecular weight is 409 g/mol. The van der Waals surface area contributed by atoms with Gasteiger partial charge >= 0.3 is 0 Å². The molecule has 7 nitrogen and oxygen atoms in total. The number of hydrogen-bond donors (Lipinski definition) is 0. The van der Waals surface area contributed by atoms with Gasteiger partial charge in [-0.1, -0.05) is 6.07 Å². The number of nitrogens with zero attached hydrogens (tertiary/aromatic N) is 3. The molecule has 1 aromatic carbocycles. The second-order valence-corrected chi connectivity index (χ2v) is 7.69. The number of likely N-dealkylation sites (tertiary alicyclic amines) is 2. The van der Waals surface area contributed by atoms with E-state index in [1.807, 2.05) is 15.9 Å². The van der Waals surface area contributed by atoms with Crippen LogP contribution >= 0.6 is 0 Å². The summed E-state index contributed by atoms with van der Waals surface area (Å²) in [4.78, 5) is 33.4. The van der Waals surface area contributed by atoms with Crippen LogP contribution in [0.4, 0.5) is 0 Å². The Morgan fingerprint density at radius 3 is 2.37 bits per heavy atom. The second-order valence-electron chi connectivity index (χ2n) is 7.69. The smallest absolute Gasteiger partial charge is 0.272 e. The van der Waals surface area contributed by atoms with Crippen molar-refractivity contribution in [2.75, 3.05) is 33.3 Å². The standard InChI is InChI=1S/C23H27N3O4/c1-29-18-7-8-19(22(27)25-12-4-5-13-25)21(16-18)30-17-9-14-26(15-10-17)23(28)20-6-2-3-11-24-20/h2-3,6-8,11,16-17H,4-5,9-10,12-15H2,1H3. The summed E-state index contributed by atoms with van der Waals surface area (Å²) in [6.45, 7) is 2.77. The second kappa shape index (κ2) is 9.15. The molecule has 0 saturated carbocycles. The molecule has 2 aliphatic rings. The molecule has 2 fully saturated rings. The number of carbonyl (C=O) groups excluding carboxylic acids is 2. The molecular weight excluding hydrogens is 382 g/mol. The van der Waals surface area contributed by atoms with Gasteiger partial charge in [-0.15, -0.1) is 0 Å². The van der Waals surface area contributed by atoms with Crippen LogP contribution in [0.5, 0.6) is 11.5 Å². The number of pyridine rings is 1. The fourth-order valence-corrected chi connectivity index (χ4v) is 4.00. The Labute approximate surface area is 176 Å². The lowest BCUT2D eigenvalue weighted by Gasteiger charge is -2.32. The maximum Gasteiger partial charge on any atom is 0.272 e. The van der Waals surface area contributed by atoms with Crippen LogP contribution < -0.4 is 9.47 Å². The summed E-state index contributed by atoms with van der Waals surface area (Å²) in [6.07, 6.45) is 5.06. The van der Waals surface area contributed by atoms with Crippen molar-refractivity contribution < 1.29 is 19.1 Å².